The van der Waals surface area contributed by atoms with Crippen molar-refractivity contribution >= 4 is 23.5 Å². The zero-order valence-electron chi connectivity index (χ0n) is 9.86. The lowest BCUT2D eigenvalue weighted by molar-refractivity contribution is 0.173. The molecule has 3 rings (SSSR count). The predicted molar refractivity (Wildman–Crippen MR) is 66.9 cm³/mol. The molecule has 1 N–H and O–H groups in total. The Morgan fingerprint density at radius 2 is 2.24 bits per heavy atom. The Morgan fingerprint density at radius 1 is 1.41 bits per heavy atom. The minimum absolute atomic E-state index is 0.404. The van der Waals surface area contributed by atoms with Gasteiger partial charge in [0.15, 0.2) is 0 Å². The number of nitrogens with one attached hydrogen (secondary N) is 1. The lowest BCUT2D eigenvalue weighted by Gasteiger charge is -2.15. The van der Waals surface area contributed by atoms with Crippen LogP contribution in [-0.4, -0.2) is 22.9 Å². The lowest BCUT2D eigenvalue weighted by Crippen LogP contribution is -2.34. The van der Waals surface area contributed by atoms with Gasteiger partial charge in [-0.25, -0.2) is 0 Å². The number of aromatic nitrogens is 2. The highest BCUT2D eigenvalue weighted by molar-refractivity contribution is 6.65. The number of hydrogen-bond donors (Lipinski definition) is 1. The highest BCUT2D eigenvalue weighted by Gasteiger charge is 2.43. The van der Waals surface area contributed by atoms with E-state index in [2.05, 4.69) is 16.8 Å². The minimum atomic E-state index is -0.448. The summed E-state index contributed by atoms with van der Waals surface area (Å²) in [6.07, 6.45) is 1.78. The maximum Gasteiger partial charge on any atom is 0.564 e. The number of hydrogen-bond acceptors (Lipinski definition) is 3. The maximum absolute atomic E-state index is 5.86. The number of nitrogens with zero attached hydrogens (tertiary/aromatic N) is 1. The van der Waals surface area contributed by atoms with Gasteiger partial charge in [0, 0.05) is 10.8 Å². The second-order valence-corrected chi connectivity index (χ2v) is 4.68. The fourth-order valence-corrected chi connectivity index (χ4v) is 1.95. The van der Waals surface area contributed by atoms with Gasteiger partial charge in [-0.3, -0.25) is 5.10 Å². The van der Waals surface area contributed by atoms with Crippen LogP contribution in [0.25, 0.3) is 10.9 Å². The van der Waals surface area contributed by atoms with E-state index in [1.54, 1.807) is 6.20 Å². The molecule has 1 aromatic heterocycles. The van der Waals surface area contributed by atoms with Gasteiger partial charge in [0.2, 0.25) is 0 Å². The average molecular weight is 228 g/mol. The Morgan fingerprint density at radius 3 is 2.94 bits per heavy atom. The zero-order chi connectivity index (χ0) is 12.0. The molecule has 0 radical (unpaired) electrons. The summed E-state index contributed by atoms with van der Waals surface area (Å²) in [5, 5.41) is 7.98. The van der Waals surface area contributed by atoms with E-state index in [4.69, 9.17) is 9.31 Å². The molecule has 1 aliphatic rings. The summed E-state index contributed by atoms with van der Waals surface area (Å²) in [7, 11) is -0.404. The van der Waals surface area contributed by atoms with E-state index in [0.717, 1.165) is 16.4 Å². The summed E-state index contributed by atoms with van der Waals surface area (Å²) < 4.78 is 11.5. The Bertz CT molecular complexity index is 591. The normalized spacial score (nSPS) is 18.7. The molecule has 1 aliphatic heterocycles. The molecule has 0 saturated carbocycles. The van der Waals surface area contributed by atoms with E-state index in [1.165, 1.54) is 0 Å². The second-order valence-electron chi connectivity index (χ2n) is 4.68. The Labute approximate surface area is 99.8 Å². The van der Waals surface area contributed by atoms with Crippen molar-refractivity contribution in [2.75, 3.05) is 0 Å². The van der Waals surface area contributed by atoms with Crippen LogP contribution in [0.4, 0.5) is 0 Å². The summed E-state index contributed by atoms with van der Waals surface area (Å²) in [4.78, 5) is 0. The first-order valence-electron chi connectivity index (χ1n) is 5.54. The third kappa shape index (κ3) is 1.54. The highest BCUT2D eigenvalue weighted by atomic mass is 16.7. The van der Waals surface area contributed by atoms with Crippen LogP contribution in [0.15, 0.2) is 36.7 Å². The summed E-state index contributed by atoms with van der Waals surface area (Å²) in [6, 6.07) is 5.91. The molecule has 0 amide bonds. The summed E-state index contributed by atoms with van der Waals surface area (Å²) in [6.45, 7) is 7.78. The molecule has 0 spiro atoms. The zero-order valence-corrected chi connectivity index (χ0v) is 9.86. The topological polar surface area (TPSA) is 47.1 Å². The number of benzene rings is 1. The third-order valence-electron chi connectivity index (χ3n) is 3.09. The van der Waals surface area contributed by atoms with Gasteiger partial charge in [0.25, 0.3) is 0 Å². The van der Waals surface area contributed by atoms with Gasteiger partial charge in [-0.05, 0) is 19.9 Å². The number of H-pyrrole nitrogens is 1. The van der Waals surface area contributed by atoms with Crippen LogP contribution < -0.4 is 5.46 Å². The first-order valence-corrected chi connectivity index (χ1v) is 5.54. The maximum atomic E-state index is 5.86. The molecule has 5 heteroatoms. The van der Waals surface area contributed by atoms with Gasteiger partial charge in [-0.1, -0.05) is 18.7 Å². The lowest BCUT2D eigenvalue weighted by atomic mass is 9.77. The quantitative estimate of drug-likeness (QED) is 0.754. The molecule has 17 heavy (non-hydrogen) atoms. The number of aromatic amines is 1. The summed E-state index contributed by atoms with van der Waals surface area (Å²) in [5.74, 6) is 0.656. The van der Waals surface area contributed by atoms with E-state index in [1.807, 2.05) is 32.0 Å². The van der Waals surface area contributed by atoms with Crippen molar-refractivity contribution in [2.24, 2.45) is 0 Å². The molecule has 1 fully saturated rings. The van der Waals surface area contributed by atoms with Gasteiger partial charge in [0.05, 0.1) is 17.5 Å². The van der Waals surface area contributed by atoms with Crippen LogP contribution in [0.5, 0.6) is 0 Å². The molecule has 0 bridgehead atoms. The van der Waals surface area contributed by atoms with Crippen LogP contribution >= 0.6 is 0 Å². The SMILES string of the molecule is C=C1OB(c2cccc3[nH]ncc23)OC1(C)C. The van der Waals surface area contributed by atoms with E-state index < -0.39 is 12.7 Å². The van der Waals surface area contributed by atoms with Crippen molar-refractivity contribution in [3.05, 3.63) is 36.7 Å². The molecule has 1 saturated heterocycles. The van der Waals surface area contributed by atoms with Crippen molar-refractivity contribution < 1.29 is 9.31 Å². The highest BCUT2D eigenvalue weighted by Crippen LogP contribution is 2.29. The average Bonchev–Trinajstić information content (AvgIpc) is 2.83. The molecular weight excluding hydrogens is 215 g/mol. The van der Waals surface area contributed by atoms with Gasteiger partial charge in [-0.2, -0.15) is 5.10 Å². The summed E-state index contributed by atoms with van der Waals surface area (Å²) >= 11 is 0. The number of rotatable bonds is 1. The Hall–Kier alpha value is -1.75. The van der Waals surface area contributed by atoms with Crippen LogP contribution in [0, 0.1) is 0 Å². The fourth-order valence-electron chi connectivity index (χ4n) is 1.95. The number of fused-ring (bicyclic) bond motifs is 1. The molecule has 86 valence electrons. The van der Waals surface area contributed by atoms with Gasteiger partial charge < -0.3 is 9.31 Å². The van der Waals surface area contributed by atoms with Crippen molar-refractivity contribution in [1.82, 2.24) is 10.2 Å². The van der Waals surface area contributed by atoms with Crippen LogP contribution in [0.3, 0.4) is 0 Å². The molecule has 0 unspecified atom stereocenters. The standard InChI is InChI=1S/C12H13BN2O2/c1-8-12(2,3)17-13(16-8)10-5-4-6-11-9(10)7-14-15-11/h4-7H,1H2,2-3H3,(H,14,15). The smallest absolute Gasteiger partial charge is 0.534 e. The minimum Gasteiger partial charge on any atom is -0.534 e. The molecule has 0 aliphatic carbocycles. The van der Waals surface area contributed by atoms with Crippen molar-refractivity contribution in [3.8, 4) is 0 Å². The molecule has 2 heterocycles. The van der Waals surface area contributed by atoms with E-state index >= 15 is 0 Å². The van der Waals surface area contributed by atoms with Crippen molar-refractivity contribution in [3.63, 3.8) is 0 Å². The van der Waals surface area contributed by atoms with Crippen molar-refractivity contribution in [2.45, 2.75) is 19.4 Å². The fraction of sp³-hybridized carbons (Fsp3) is 0.250. The molecule has 1 aromatic carbocycles. The predicted octanol–water partition coefficient (Wildman–Crippen LogP) is 1.60. The molecule has 0 atom stereocenters. The van der Waals surface area contributed by atoms with E-state index in [-0.39, 0.29) is 0 Å². The molecule has 4 nitrogen and oxygen atoms in total. The first kappa shape index (κ1) is 10.4. The summed E-state index contributed by atoms with van der Waals surface area (Å²) in [5.41, 5.74) is 1.50. The van der Waals surface area contributed by atoms with Gasteiger partial charge in [0.1, 0.15) is 5.60 Å². The Balaban J connectivity index is 2.06. The Kier molecular flexibility index (Phi) is 2.06. The monoisotopic (exact) mass is 228 g/mol. The first-order chi connectivity index (χ1) is 8.08. The molecule has 2 aromatic rings. The van der Waals surface area contributed by atoms with Crippen molar-refractivity contribution in [1.29, 1.82) is 0 Å². The van der Waals surface area contributed by atoms with Crippen LogP contribution in [0.1, 0.15) is 13.8 Å². The largest absolute Gasteiger partial charge is 0.564 e. The molecular formula is C12H13BN2O2. The van der Waals surface area contributed by atoms with Gasteiger partial charge in [-0.15, -0.1) is 0 Å². The third-order valence-corrected chi connectivity index (χ3v) is 3.09. The van der Waals surface area contributed by atoms with Crippen LogP contribution in [0.2, 0.25) is 0 Å². The van der Waals surface area contributed by atoms with Gasteiger partial charge >= 0.3 is 7.12 Å². The van der Waals surface area contributed by atoms with E-state index in [0.29, 0.717) is 5.76 Å². The van der Waals surface area contributed by atoms with Crippen LogP contribution in [-0.2, 0) is 9.31 Å². The second kappa shape index (κ2) is 3.37. The van der Waals surface area contributed by atoms with E-state index in [9.17, 15) is 0 Å².